The summed E-state index contributed by atoms with van der Waals surface area (Å²) >= 11 is 6.12. The van der Waals surface area contributed by atoms with Gasteiger partial charge in [0.1, 0.15) is 6.61 Å². The molecule has 2 N–H and O–H groups in total. The van der Waals surface area contributed by atoms with Crippen LogP contribution in [-0.4, -0.2) is 19.8 Å². The summed E-state index contributed by atoms with van der Waals surface area (Å²) in [5, 5.41) is 0.482. The van der Waals surface area contributed by atoms with Crippen LogP contribution in [0.15, 0.2) is 12.1 Å². The van der Waals surface area contributed by atoms with Crippen LogP contribution < -0.4 is 15.2 Å². The highest BCUT2D eigenvalue weighted by molar-refractivity contribution is 6.32. The molecular weight excluding hydrogens is 238 g/mol. The minimum atomic E-state index is 0.0632. The smallest absolute Gasteiger partial charge is 0.181 e. The van der Waals surface area contributed by atoms with Crippen molar-refractivity contribution in [2.24, 2.45) is 5.73 Å². The van der Waals surface area contributed by atoms with Crippen molar-refractivity contribution in [1.82, 2.24) is 0 Å². The summed E-state index contributed by atoms with van der Waals surface area (Å²) in [6, 6.07) is 3.74. The zero-order chi connectivity index (χ0) is 12.8. The fourth-order valence-electron chi connectivity index (χ4n) is 1.52. The topological polar surface area (TPSA) is 44.5 Å². The Morgan fingerprint density at radius 1 is 1.53 bits per heavy atom. The maximum atomic E-state index is 6.12. The van der Waals surface area contributed by atoms with E-state index in [9.17, 15) is 0 Å². The first-order valence-electron chi connectivity index (χ1n) is 5.26. The molecule has 0 heterocycles. The number of benzene rings is 1. The van der Waals surface area contributed by atoms with E-state index in [-0.39, 0.29) is 12.6 Å². The largest absolute Gasteiger partial charge is 0.493 e. The summed E-state index contributed by atoms with van der Waals surface area (Å²) in [4.78, 5) is 0. The Kier molecular flexibility index (Phi) is 5.14. The van der Waals surface area contributed by atoms with E-state index in [0.717, 1.165) is 12.0 Å². The van der Waals surface area contributed by atoms with Crippen molar-refractivity contribution in [1.29, 1.82) is 0 Å². The van der Waals surface area contributed by atoms with Crippen LogP contribution in [0.3, 0.4) is 0 Å². The predicted octanol–water partition coefficient (Wildman–Crippen LogP) is 2.25. The van der Waals surface area contributed by atoms with Crippen LogP contribution in [-0.2, 0) is 6.42 Å². The lowest BCUT2D eigenvalue weighted by Gasteiger charge is -2.13. The van der Waals surface area contributed by atoms with Crippen molar-refractivity contribution in [3.63, 3.8) is 0 Å². The molecular formula is C13H16ClNO2. The van der Waals surface area contributed by atoms with Gasteiger partial charge in [-0.3, -0.25) is 0 Å². The number of terminal acetylenes is 1. The van der Waals surface area contributed by atoms with E-state index >= 15 is 0 Å². The average molecular weight is 254 g/mol. The zero-order valence-corrected chi connectivity index (χ0v) is 10.8. The van der Waals surface area contributed by atoms with Crippen LogP contribution in [0.4, 0.5) is 0 Å². The van der Waals surface area contributed by atoms with Gasteiger partial charge in [-0.25, -0.2) is 0 Å². The molecule has 92 valence electrons. The van der Waals surface area contributed by atoms with Gasteiger partial charge in [-0.15, -0.1) is 6.42 Å². The molecule has 17 heavy (non-hydrogen) atoms. The summed E-state index contributed by atoms with van der Waals surface area (Å²) < 4.78 is 10.6. The molecule has 0 radical (unpaired) electrons. The molecule has 0 aliphatic carbocycles. The van der Waals surface area contributed by atoms with Gasteiger partial charge < -0.3 is 15.2 Å². The van der Waals surface area contributed by atoms with Gasteiger partial charge in [0.2, 0.25) is 0 Å². The molecule has 1 atom stereocenters. The second-order valence-electron chi connectivity index (χ2n) is 3.78. The number of nitrogens with two attached hydrogens (primary N) is 1. The van der Waals surface area contributed by atoms with E-state index in [4.69, 9.17) is 33.2 Å². The van der Waals surface area contributed by atoms with Crippen molar-refractivity contribution >= 4 is 11.6 Å². The zero-order valence-electron chi connectivity index (χ0n) is 10.00. The number of hydrogen-bond donors (Lipinski definition) is 1. The molecule has 1 unspecified atom stereocenters. The van der Waals surface area contributed by atoms with Gasteiger partial charge in [0, 0.05) is 6.04 Å². The van der Waals surface area contributed by atoms with Crippen LogP contribution in [0.25, 0.3) is 0 Å². The highest BCUT2D eigenvalue weighted by atomic mass is 35.5. The van der Waals surface area contributed by atoms with Crippen molar-refractivity contribution in [2.75, 3.05) is 13.7 Å². The van der Waals surface area contributed by atoms with Gasteiger partial charge in [-0.2, -0.15) is 0 Å². The van der Waals surface area contributed by atoms with E-state index in [2.05, 4.69) is 5.92 Å². The Labute approximate surface area is 107 Å². The molecule has 0 saturated carbocycles. The van der Waals surface area contributed by atoms with E-state index in [0.29, 0.717) is 16.5 Å². The Bertz CT molecular complexity index is 424. The van der Waals surface area contributed by atoms with Crippen molar-refractivity contribution in [2.45, 2.75) is 19.4 Å². The standard InChI is InChI=1S/C13H16ClNO2/c1-4-5-17-13-11(14)7-10(6-9(2)15)8-12(13)16-3/h1,7-9H,5-6,15H2,2-3H3. The summed E-state index contributed by atoms with van der Waals surface area (Å²) in [6.45, 7) is 2.09. The lowest BCUT2D eigenvalue weighted by molar-refractivity contribution is 0.331. The normalized spacial score (nSPS) is 11.7. The fourth-order valence-corrected chi connectivity index (χ4v) is 1.80. The molecule has 0 saturated heterocycles. The van der Waals surface area contributed by atoms with Crippen LogP contribution in [0, 0.1) is 12.3 Å². The van der Waals surface area contributed by atoms with Gasteiger partial charge in [0.15, 0.2) is 11.5 Å². The highest BCUT2D eigenvalue weighted by Gasteiger charge is 2.12. The van der Waals surface area contributed by atoms with E-state index < -0.39 is 0 Å². The number of halogens is 1. The van der Waals surface area contributed by atoms with E-state index in [1.54, 1.807) is 7.11 Å². The minimum absolute atomic E-state index is 0.0632. The van der Waals surface area contributed by atoms with Gasteiger partial charge in [-0.1, -0.05) is 17.5 Å². The predicted molar refractivity (Wildman–Crippen MR) is 69.7 cm³/mol. The molecule has 0 aliphatic rings. The molecule has 1 aromatic rings. The van der Waals surface area contributed by atoms with Gasteiger partial charge >= 0.3 is 0 Å². The number of hydrogen-bond acceptors (Lipinski definition) is 3. The van der Waals surface area contributed by atoms with Crippen molar-refractivity contribution < 1.29 is 9.47 Å². The first-order valence-corrected chi connectivity index (χ1v) is 5.64. The number of ether oxygens (including phenoxy) is 2. The summed E-state index contributed by atoms with van der Waals surface area (Å²) in [7, 11) is 1.56. The Hall–Kier alpha value is -1.37. The van der Waals surface area contributed by atoms with Gasteiger partial charge in [-0.05, 0) is 31.0 Å². The van der Waals surface area contributed by atoms with E-state index in [1.807, 2.05) is 19.1 Å². The van der Waals surface area contributed by atoms with Crippen molar-refractivity contribution in [3.05, 3.63) is 22.7 Å². The van der Waals surface area contributed by atoms with Crippen LogP contribution in [0.1, 0.15) is 12.5 Å². The maximum absolute atomic E-state index is 6.12. The molecule has 0 bridgehead atoms. The maximum Gasteiger partial charge on any atom is 0.181 e. The lowest BCUT2D eigenvalue weighted by atomic mass is 10.1. The third kappa shape index (κ3) is 3.85. The van der Waals surface area contributed by atoms with Gasteiger partial charge in [0.05, 0.1) is 12.1 Å². The quantitative estimate of drug-likeness (QED) is 0.819. The summed E-state index contributed by atoms with van der Waals surface area (Å²) in [5.74, 6) is 3.43. The molecule has 1 aromatic carbocycles. The second kappa shape index (κ2) is 6.39. The molecule has 0 spiro atoms. The SMILES string of the molecule is C#CCOc1c(Cl)cc(CC(C)N)cc1OC. The third-order valence-corrected chi connectivity index (χ3v) is 2.43. The first kappa shape index (κ1) is 13.7. The Morgan fingerprint density at radius 3 is 2.76 bits per heavy atom. The first-order chi connectivity index (χ1) is 8.08. The van der Waals surface area contributed by atoms with E-state index in [1.165, 1.54) is 0 Å². The molecule has 1 rings (SSSR count). The fraction of sp³-hybridized carbons (Fsp3) is 0.385. The molecule has 3 nitrogen and oxygen atoms in total. The summed E-state index contributed by atoms with van der Waals surface area (Å²) in [5.41, 5.74) is 6.75. The molecule has 0 amide bonds. The average Bonchev–Trinajstić information content (AvgIpc) is 2.26. The number of rotatable bonds is 5. The second-order valence-corrected chi connectivity index (χ2v) is 4.19. The molecule has 0 aliphatic heterocycles. The van der Waals surface area contributed by atoms with Crippen LogP contribution in [0.5, 0.6) is 11.5 Å². The minimum Gasteiger partial charge on any atom is -0.493 e. The lowest BCUT2D eigenvalue weighted by Crippen LogP contribution is -2.17. The van der Waals surface area contributed by atoms with Crippen LogP contribution >= 0.6 is 11.6 Å². The summed E-state index contributed by atoms with van der Waals surface area (Å²) in [6.07, 6.45) is 5.87. The highest BCUT2D eigenvalue weighted by Crippen LogP contribution is 2.36. The number of methoxy groups -OCH3 is 1. The molecule has 0 fully saturated rings. The molecule has 0 aromatic heterocycles. The monoisotopic (exact) mass is 253 g/mol. The van der Waals surface area contributed by atoms with Crippen molar-refractivity contribution in [3.8, 4) is 23.8 Å². The Balaban J connectivity index is 3.03. The van der Waals surface area contributed by atoms with Gasteiger partial charge in [0.25, 0.3) is 0 Å². The molecule has 4 heteroatoms. The Morgan fingerprint density at radius 2 is 2.24 bits per heavy atom. The van der Waals surface area contributed by atoms with Crippen LogP contribution in [0.2, 0.25) is 5.02 Å². The third-order valence-electron chi connectivity index (χ3n) is 2.15.